The summed E-state index contributed by atoms with van der Waals surface area (Å²) >= 11 is 0. The maximum Gasteiger partial charge on any atom is 0.147 e. The maximum absolute atomic E-state index is 13.8. The van der Waals surface area contributed by atoms with E-state index in [1.165, 1.54) is 6.07 Å². The van der Waals surface area contributed by atoms with Crippen LogP contribution < -0.4 is 9.47 Å². The van der Waals surface area contributed by atoms with Crippen LogP contribution in [0.15, 0.2) is 42.5 Å². The van der Waals surface area contributed by atoms with E-state index in [0.717, 1.165) is 5.75 Å². The lowest BCUT2D eigenvalue weighted by Crippen LogP contribution is -2.00. The summed E-state index contributed by atoms with van der Waals surface area (Å²) in [6, 6.07) is 13.5. The molecule has 96 valence electrons. The summed E-state index contributed by atoms with van der Waals surface area (Å²) in [5.41, 5.74) is 0.380. The van der Waals surface area contributed by atoms with Crippen molar-refractivity contribution in [2.24, 2.45) is 0 Å². The number of nitrogens with zero attached hydrogens (tertiary/aromatic N) is 1. The van der Waals surface area contributed by atoms with Crippen LogP contribution in [0, 0.1) is 17.1 Å². The molecular weight excluding hydrogens is 245 g/mol. The van der Waals surface area contributed by atoms with Crippen LogP contribution in [0.25, 0.3) is 0 Å². The minimum Gasteiger partial charge on any atom is -0.497 e. The van der Waals surface area contributed by atoms with E-state index in [2.05, 4.69) is 0 Å². The van der Waals surface area contributed by atoms with Gasteiger partial charge in [-0.2, -0.15) is 5.26 Å². The molecule has 0 saturated carbocycles. The first kappa shape index (κ1) is 12.9. The van der Waals surface area contributed by atoms with Gasteiger partial charge in [0.2, 0.25) is 0 Å². The van der Waals surface area contributed by atoms with Gasteiger partial charge < -0.3 is 9.47 Å². The summed E-state index contributed by atoms with van der Waals surface area (Å²) < 4.78 is 24.3. The lowest BCUT2D eigenvalue weighted by atomic mass is 10.1. The fraction of sp³-hybridized carbons (Fsp3) is 0.133. The number of rotatable bonds is 4. The number of hydrogen-bond donors (Lipinski definition) is 0. The average Bonchev–Trinajstić information content (AvgIpc) is 2.47. The molecule has 0 aliphatic carbocycles. The standard InChI is InChI=1S/C15H12FNO2/c1-18-13-5-7-14(8-6-13)19-10-12-4-2-3-11(9-17)15(12)16/h2-8H,10H2,1H3. The van der Waals surface area contributed by atoms with Crippen LogP contribution in [0.1, 0.15) is 11.1 Å². The molecule has 2 aromatic carbocycles. The number of methoxy groups -OCH3 is 1. The zero-order valence-corrected chi connectivity index (χ0v) is 10.4. The first-order chi connectivity index (χ1) is 9.24. The van der Waals surface area contributed by atoms with Gasteiger partial charge >= 0.3 is 0 Å². The monoisotopic (exact) mass is 257 g/mol. The summed E-state index contributed by atoms with van der Waals surface area (Å²) in [6.45, 7) is 0.0771. The highest BCUT2D eigenvalue weighted by Gasteiger charge is 2.07. The van der Waals surface area contributed by atoms with Crippen molar-refractivity contribution in [1.82, 2.24) is 0 Å². The van der Waals surface area contributed by atoms with Crippen LogP contribution in [-0.2, 0) is 6.61 Å². The predicted octanol–water partition coefficient (Wildman–Crippen LogP) is 3.28. The lowest BCUT2D eigenvalue weighted by molar-refractivity contribution is 0.299. The molecule has 0 heterocycles. The Labute approximate surface area is 110 Å². The van der Waals surface area contributed by atoms with Gasteiger partial charge in [-0.1, -0.05) is 12.1 Å². The Morgan fingerprint density at radius 3 is 2.42 bits per heavy atom. The Morgan fingerprint density at radius 1 is 1.11 bits per heavy atom. The van der Waals surface area contributed by atoms with Gasteiger partial charge in [-0.05, 0) is 30.3 Å². The fourth-order valence-electron chi connectivity index (χ4n) is 1.61. The van der Waals surface area contributed by atoms with Gasteiger partial charge in [0.25, 0.3) is 0 Å². The van der Waals surface area contributed by atoms with Gasteiger partial charge in [-0.3, -0.25) is 0 Å². The zero-order valence-electron chi connectivity index (χ0n) is 10.4. The third-order valence-electron chi connectivity index (χ3n) is 2.65. The molecular formula is C15H12FNO2. The molecule has 0 aliphatic rings. The first-order valence-electron chi connectivity index (χ1n) is 5.69. The van der Waals surface area contributed by atoms with Crippen LogP contribution in [0.2, 0.25) is 0 Å². The number of hydrogen-bond acceptors (Lipinski definition) is 3. The Morgan fingerprint density at radius 2 is 1.79 bits per heavy atom. The second-order valence-electron chi connectivity index (χ2n) is 3.85. The van der Waals surface area contributed by atoms with Crippen molar-refractivity contribution in [3.8, 4) is 17.6 Å². The van der Waals surface area contributed by atoms with Gasteiger partial charge in [-0.25, -0.2) is 4.39 Å². The highest BCUT2D eigenvalue weighted by atomic mass is 19.1. The Balaban J connectivity index is 2.08. The van der Waals surface area contributed by atoms with E-state index in [9.17, 15) is 4.39 Å². The lowest BCUT2D eigenvalue weighted by Gasteiger charge is -2.08. The molecule has 4 heteroatoms. The molecule has 0 bridgehead atoms. The highest BCUT2D eigenvalue weighted by molar-refractivity contribution is 5.35. The van der Waals surface area contributed by atoms with E-state index in [-0.39, 0.29) is 12.2 Å². The number of ether oxygens (including phenoxy) is 2. The van der Waals surface area contributed by atoms with Crippen LogP contribution >= 0.6 is 0 Å². The van der Waals surface area contributed by atoms with Crippen LogP contribution in [-0.4, -0.2) is 7.11 Å². The maximum atomic E-state index is 13.8. The SMILES string of the molecule is COc1ccc(OCc2cccc(C#N)c2F)cc1. The van der Waals surface area contributed by atoms with E-state index < -0.39 is 5.82 Å². The summed E-state index contributed by atoms with van der Waals surface area (Å²) in [4.78, 5) is 0. The molecule has 0 amide bonds. The topological polar surface area (TPSA) is 42.2 Å². The summed E-state index contributed by atoms with van der Waals surface area (Å²) in [7, 11) is 1.58. The number of halogens is 1. The molecule has 0 spiro atoms. The summed E-state index contributed by atoms with van der Waals surface area (Å²) in [5.74, 6) is 0.811. The van der Waals surface area contributed by atoms with Crippen molar-refractivity contribution in [3.05, 3.63) is 59.4 Å². The second kappa shape index (κ2) is 5.87. The fourth-order valence-corrected chi connectivity index (χ4v) is 1.61. The first-order valence-corrected chi connectivity index (χ1v) is 5.69. The molecule has 2 aromatic rings. The van der Waals surface area contributed by atoms with Gasteiger partial charge in [0.05, 0.1) is 12.7 Å². The molecule has 3 nitrogen and oxygen atoms in total. The molecule has 0 N–H and O–H groups in total. The minimum atomic E-state index is -0.529. The summed E-state index contributed by atoms with van der Waals surface area (Å²) in [5, 5.41) is 8.74. The van der Waals surface area contributed by atoms with E-state index in [0.29, 0.717) is 11.3 Å². The minimum absolute atomic E-state index is 0.0239. The van der Waals surface area contributed by atoms with Crippen molar-refractivity contribution in [2.75, 3.05) is 7.11 Å². The van der Waals surface area contributed by atoms with Crippen molar-refractivity contribution in [1.29, 1.82) is 5.26 Å². The Hall–Kier alpha value is -2.54. The van der Waals surface area contributed by atoms with Gasteiger partial charge in [0, 0.05) is 5.56 Å². The Kier molecular flexibility index (Phi) is 3.99. The molecule has 0 fully saturated rings. The highest BCUT2D eigenvalue weighted by Crippen LogP contribution is 2.19. The number of benzene rings is 2. The van der Waals surface area contributed by atoms with E-state index in [1.54, 1.807) is 49.6 Å². The number of nitriles is 1. The molecule has 0 aromatic heterocycles. The average molecular weight is 257 g/mol. The molecule has 0 radical (unpaired) electrons. The zero-order chi connectivity index (χ0) is 13.7. The molecule has 0 aliphatic heterocycles. The van der Waals surface area contributed by atoms with Gasteiger partial charge in [0.15, 0.2) is 0 Å². The molecule has 2 rings (SSSR count). The largest absolute Gasteiger partial charge is 0.497 e. The van der Waals surface area contributed by atoms with Crippen molar-refractivity contribution in [3.63, 3.8) is 0 Å². The molecule has 19 heavy (non-hydrogen) atoms. The van der Waals surface area contributed by atoms with Crippen LogP contribution in [0.3, 0.4) is 0 Å². The second-order valence-corrected chi connectivity index (χ2v) is 3.85. The normalized spacial score (nSPS) is 9.74. The van der Waals surface area contributed by atoms with Crippen molar-refractivity contribution >= 4 is 0 Å². The Bertz CT molecular complexity index is 603. The van der Waals surface area contributed by atoms with Gasteiger partial charge in [0.1, 0.15) is 30.0 Å². The molecule has 0 unspecified atom stereocenters. The van der Waals surface area contributed by atoms with E-state index in [4.69, 9.17) is 14.7 Å². The quantitative estimate of drug-likeness (QED) is 0.844. The van der Waals surface area contributed by atoms with E-state index >= 15 is 0 Å². The molecule has 0 saturated heterocycles. The predicted molar refractivity (Wildman–Crippen MR) is 68.4 cm³/mol. The van der Waals surface area contributed by atoms with Gasteiger partial charge in [-0.15, -0.1) is 0 Å². The third kappa shape index (κ3) is 3.02. The van der Waals surface area contributed by atoms with Crippen molar-refractivity contribution in [2.45, 2.75) is 6.61 Å². The summed E-state index contributed by atoms with van der Waals surface area (Å²) in [6.07, 6.45) is 0. The van der Waals surface area contributed by atoms with Crippen LogP contribution in [0.4, 0.5) is 4.39 Å². The van der Waals surface area contributed by atoms with Crippen LogP contribution in [0.5, 0.6) is 11.5 Å². The molecule has 0 atom stereocenters. The smallest absolute Gasteiger partial charge is 0.147 e. The van der Waals surface area contributed by atoms with Crippen molar-refractivity contribution < 1.29 is 13.9 Å². The van der Waals surface area contributed by atoms with E-state index in [1.807, 2.05) is 0 Å². The third-order valence-corrected chi connectivity index (χ3v) is 2.65.